The first-order valence-electron chi connectivity index (χ1n) is 9.85. The fourth-order valence-electron chi connectivity index (χ4n) is 3.23. The zero-order valence-corrected chi connectivity index (χ0v) is 18.4. The van der Waals surface area contributed by atoms with E-state index in [4.69, 9.17) is 14.2 Å². The summed E-state index contributed by atoms with van der Waals surface area (Å²) in [6.45, 7) is 8.30. The maximum absolute atomic E-state index is 11.9. The van der Waals surface area contributed by atoms with E-state index in [0.717, 1.165) is 43.1 Å². The normalized spacial score (nSPS) is 17.7. The molecule has 1 atom stereocenters. The summed E-state index contributed by atoms with van der Waals surface area (Å²) >= 11 is 0. The van der Waals surface area contributed by atoms with Gasteiger partial charge in [0.15, 0.2) is 5.96 Å². The Balaban J connectivity index is 1.83. The highest BCUT2D eigenvalue weighted by Crippen LogP contribution is 2.24. The van der Waals surface area contributed by atoms with Gasteiger partial charge in [0.2, 0.25) is 0 Å². The van der Waals surface area contributed by atoms with E-state index in [2.05, 4.69) is 20.5 Å². The number of rotatable bonds is 7. The molecule has 1 aromatic rings. The van der Waals surface area contributed by atoms with E-state index in [9.17, 15) is 4.79 Å². The van der Waals surface area contributed by atoms with Crippen LogP contribution in [0.15, 0.2) is 23.2 Å². The summed E-state index contributed by atoms with van der Waals surface area (Å²) < 4.78 is 16.0. The molecule has 8 nitrogen and oxygen atoms in total. The molecule has 1 aliphatic rings. The number of methoxy groups -OCH3 is 2. The summed E-state index contributed by atoms with van der Waals surface area (Å²) in [7, 11) is 5.01. The summed E-state index contributed by atoms with van der Waals surface area (Å²) in [5.41, 5.74) is 0.652. The van der Waals surface area contributed by atoms with Gasteiger partial charge in [-0.1, -0.05) is 0 Å². The number of hydrogen-bond acceptors (Lipinski definition) is 6. The first-order chi connectivity index (χ1) is 13.7. The van der Waals surface area contributed by atoms with E-state index in [1.54, 1.807) is 21.3 Å². The molecule has 1 heterocycles. The van der Waals surface area contributed by atoms with Crippen molar-refractivity contribution in [1.29, 1.82) is 0 Å². The Bertz CT molecular complexity index is 693. The van der Waals surface area contributed by atoms with Crippen molar-refractivity contribution in [2.45, 2.75) is 45.4 Å². The molecule has 1 aliphatic heterocycles. The van der Waals surface area contributed by atoms with Gasteiger partial charge < -0.3 is 24.8 Å². The maximum Gasteiger partial charge on any atom is 0.325 e. The molecule has 0 spiro atoms. The van der Waals surface area contributed by atoms with Gasteiger partial charge in [-0.3, -0.25) is 14.7 Å². The monoisotopic (exact) mass is 406 g/mol. The van der Waals surface area contributed by atoms with Gasteiger partial charge in [-0.2, -0.15) is 0 Å². The van der Waals surface area contributed by atoms with Crippen LogP contribution in [0, 0.1) is 0 Å². The van der Waals surface area contributed by atoms with E-state index in [0.29, 0.717) is 5.96 Å². The summed E-state index contributed by atoms with van der Waals surface area (Å²) in [6.07, 6.45) is 0.994. The van der Waals surface area contributed by atoms with Crippen LogP contribution in [0.2, 0.25) is 0 Å². The Labute approximate surface area is 173 Å². The molecule has 2 N–H and O–H groups in total. The van der Waals surface area contributed by atoms with Crippen LogP contribution < -0.4 is 20.1 Å². The summed E-state index contributed by atoms with van der Waals surface area (Å²) in [4.78, 5) is 18.5. The number of nitrogens with zero attached hydrogens (tertiary/aromatic N) is 2. The highest BCUT2D eigenvalue weighted by atomic mass is 16.6. The Morgan fingerprint density at radius 3 is 2.41 bits per heavy atom. The number of carbonyl (C=O) groups is 1. The maximum atomic E-state index is 11.9. The van der Waals surface area contributed by atoms with E-state index in [1.807, 2.05) is 39.0 Å². The first-order valence-corrected chi connectivity index (χ1v) is 9.85. The Morgan fingerprint density at radius 1 is 1.21 bits per heavy atom. The molecule has 29 heavy (non-hydrogen) atoms. The third kappa shape index (κ3) is 7.81. The molecule has 0 radical (unpaired) electrons. The van der Waals surface area contributed by atoms with E-state index >= 15 is 0 Å². The van der Waals surface area contributed by atoms with Crippen LogP contribution in [-0.2, 0) is 16.1 Å². The predicted molar refractivity (Wildman–Crippen MR) is 114 cm³/mol. The molecule has 1 unspecified atom stereocenters. The van der Waals surface area contributed by atoms with E-state index in [-0.39, 0.29) is 18.6 Å². The lowest BCUT2D eigenvalue weighted by molar-refractivity contribution is -0.153. The number of likely N-dealkylation sites (tertiary alicyclic amines) is 1. The van der Waals surface area contributed by atoms with Gasteiger partial charge in [0.1, 0.15) is 23.6 Å². The second-order valence-electron chi connectivity index (χ2n) is 8.10. The lowest BCUT2D eigenvalue weighted by Crippen LogP contribution is -2.46. The number of carbonyl (C=O) groups excluding carboxylic acids is 1. The molecule has 0 bridgehead atoms. The Hall–Kier alpha value is -2.48. The third-order valence-corrected chi connectivity index (χ3v) is 4.47. The lowest BCUT2D eigenvalue weighted by atomic mass is 10.2. The fourth-order valence-corrected chi connectivity index (χ4v) is 3.23. The minimum atomic E-state index is -0.496. The molecule has 162 valence electrons. The van der Waals surface area contributed by atoms with Crippen molar-refractivity contribution in [2.75, 3.05) is 40.9 Å². The molecule has 0 saturated carbocycles. The molecule has 1 saturated heterocycles. The van der Waals surface area contributed by atoms with Crippen molar-refractivity contribution in [3.8, 4) is 11.5 Å². The topological polar surface area (TPSA) is 84.4 Å². The van der Waals surface area contributed by atoms with Gasteiger partial charge in [-0.15, -0.1) is 0 Å². The largest absolute Gasteiger partial charge is 0.497 e. The van der Waals surface area contributed by atoms with Crippen LogP contribution in [0.1, 0.15) is 32.8 Å². The number of guanidine groups is 1. The molecular weight excluding hydrogens is 372 g/mol. The Morgan fingerprint density at radius 2 is 1.86 bits per heavy atom. The fraction of sp³-hybridized carbons (Fsp3) is 0.619. The highest BCUT2D eigenvalue weighted by molar-refractivity contribution is 5.84. The van der Waals surface area contributed by atoms with Crippen LogP contribution in [-0.4, -0.2) is 69.4 Å². The molecule has 8 heteroatoms. The Kier molecular flexibility index (Phi) is 8.13. The number of aliphatic imine (C=N–C) groups is 1. The van der Waals surface area contributed by atoms with Gasteiger partial charge in [-0.05, 0) is 44.9 Å². The number of esters is 1. The standard InChI is InChI=1S/C21H34N4O4/c1-21(2,3)29-19(26)12-23-20(22-4)24-16-7-8-25(14-16)13-15-9-17(27-5)11-18(10-15)28-6/h9-11,16H,7-8,12-14H2,1-6H3,(H2,22,23,24). The van der Waals surface area contributed by atoms with Gasteiger partial charge in [0.05, 0.1) is 14.2 Å². The SMILES string of the molecule is CN=C(NCC(=O)OC(C)(C)C)NC1CCN(Cc2cc(OC)cc(OC)c2)C1. The van der Waals surface area contributed by atoms with Crippen molar-refractivity contribution < 1.29 is 19.0 Å². The molecule has 0 aromatic heterocycles. The summed E-state index contributed by atoms with van der Waals surface area (Å²) in [5.74, 6) is 1.88. The van der Waals surface area contributed by atoms with Crippen molar-refractivity contribution in [2.24, 2.45) is 4.99 Å². The van der Waals surface area contributed by atoms with Crippen molar-refractivity contribution >= 4 is 11.9 Å². The number of nitrogens with one attached hydrogen (secondary N) is 2. The third-order valence-electron chi connectivity index (χ3n) is 4.47. The zero-order chi connectivity index (χ0) is 21.4. The lowest BCUT2D eigenvalue weighted by Gasteiger charge is -2.21. The van der Waals surface area contributed by atoms with Gasteiger partial charge in [0.25, 0.3) is 0 Å². The van der Waals surface area contributed by atoms with Gasteiger partial charge >= 0.3 is 5.97 Å². The minimum absolute atomic E-state index is 0.0803. The van der Waals surface area contributed by atoms with E-state index in [1.165, 1.54) is 0 Å². The number of hydrogen-bond donors (Lipinski definition) is 2. The van der Waals surface area contributed by atoms with Crippen LogP contribution in [0.25, 0.3) is 0 Å². The van der Waals surface area contributed by atoms with Crippen LogP contribution in [0.3, 0.4) is 0 Å². The average Bonchev–Trinajstić information content (AvgIpc) is 3.10. The highest BCUT2D eigenvalue weighted by Gasteiger charge is 2.24. The van der Waals surface area contributed by atoms with Gasteiger partial charge in [0, 0.05) is 38.8 Å². The zero-order valence-electron chi connectivity index (χ0n) is 18.4. The van der Waals surface area contributed by atoms with Crippen LogP contribution in [0.4, 0.5) is 0 Å². The van der Waals surface area contributed by atoms with Crippen molar-refractivity contribution in [3.05, 3.63) is 23.8 Å². The second kappa shape index (κ2) is 10.3. The predicted octanol–water partition coefficient (Wildman–Crippen LogP) is 1.78. The molecular formula is C21H34N4O4. The average molecular weight is 407 g/mol. The minimum Gasteiger partial charge on any atom is -0.497 e. The smallest absolute Gasteiger partial charge is 0.325 e. The molecule has 0 amide bonds. The summed E-state index contributed by atoms with van der Waals surface area (Å²) in [5, 5.41) is 6.41. The first kappa shape index (κ1) is 22.8. The quantitative estimate of drug-likeness (QED) is 0.406. The number of ether oxygens (including phenoxy) is 3. The molecule has 1 fully saturated rings. The van der Waals surface area contributed by atoms with Crippen molar-refractivity contribution in [3.63, 3.8) is 0 Å². The van der Waals surface area contributed by atoms with E-state index < -0.39 is 5.60 Å². The molecule has 2 rings (SSSR count). The van der Waals surface area contributed by atoms with Crippen molar-refractivity contribution in [1.82, 2.24) is 15.5 Å². The van der Waals surface area contributed by atoms with Crippen LogP contribution >= 0.6 is 0 Å². The van der Waals surface area contributed by atoms with Gasteiger partial charge in [-0.25, -0.2) is 0 Å². The number of benzene rings is 1. The van der Waals surface area contributed by atoms with Crippen LogP contribution in [0.5, 0.6) is 11.5 Å². The molecule has 1 aromatic carbocycles. The second-order valence-corrected chi connectivity index (χ2v) is 8.10. The summed E-state index contributed by atoms with van der Waals surface area (Å²) in [6, 6.07) is 6.19. The molecule has 0 aliphatic carbocycles.